The lowest BCUT2D eigenvalue weighted by molar-refractivity contribution is -0.142. The van der Waals surface area contributed by atoms with Gasteiger partial charge in [0.15, 0.2) is 6.61 Å². The SMILES string of the molecule is CC(C(=O)NC1CCCCC1)N(Cc1ccc(Cl)c(Cl)c1)C(=O)COc1ccc(I)cc1. The minimum absolute atomic E-state index is 0.153. The van der Waals surface area contributed by atoms with E-state index >= 15 is 0 Å². The summed E-state index contributed by atoms with van der Waals surface area (Å²) < 4.78 is 6.77. The lowest BCUT2D eigenvalue weighted by Crippen LogP contribution is -2.51. The minimum Gasteiger partial charge on any atom is -0.484 e. The summed E-state index contributed by atoms with van der Waals surface area (Å²) in [7, 11) is 0. The Morgan fingerprint density at radius 2 is 1.78 bits per heavy atom. The second kappa shape index (κ2) is 12.1. The van der Waals surface area contributed by atoms with E-state index in [0.29, 0.717) is 15.8 Å². The van der Waals surface area contributed by atoms with Gasteiger partial charge in [-0.15, -0.1) is 0 Å². The van der Waals surface area contributed by atoms with Crippen LogP contribution in [0.3, 0.4) is 0 Å². The Morgan fingerprint density at radius 3 is 2.44 bits per heavy atom. The summed E-state index contributed by atoms with van der Waals surface area (Å²) in [6.07, 6.45) is 5.41. The highest BCUT2D eigenvalue weighted by Gasteiger charge is 2.28. The van der Waals surface area contributed by atoms with Crippen molar-refractivity contribution in [2.45, 2.75) is 57.7 Å². The highest BCUT2D eigenvalue weighted by atomic mass is 127. The summed E-state index contributed by atoms with van der Waals surface area (Å²) in [5.41, 5.74) is 0.791. The van der Waals surface area contributed by atoms with E-state index < -0.39 is 6.04 Å². The average molecular weight is 589 g/mol. The van der Waals surface area contributed by atoms with Gasteiger partial charge in [-0.3, -0.25) is 9.59 Å². The third kappa shape index (κ3) is 7.25. The number of carbonyl (C=O) groups is 2. The van der Waals surface area contributed by atoms with Crippen LogP contribution in [0.2, 0.25) is 10.0 Å². The molecular weight excluding hydrogens is 562 g/mol. The predicted octanol–water partition coefficient (Wildman–Crippen LogP) is 5.84. The summed E-state index contributed by atoms with van der Waals surface area (Å²) in [5.74, 6) is 0.174. The molecule has 32 heavy (non-hydrogen) atoms. The van der Waals surface area contributed by atoms with Crippen LogP contribution in [-0.2, 0) is 16.1 Å². The van der Waals surface area contributed by atoms with Crippen LogP contribution in [0.15, 0.2) is 42.5 Å². The first kappa shape index (κ1) is 25.1. The van der Waals surface area contributed by atoms with Gasteiger partial charge in [0.1, 0.15) is 11.8 Å². The second-order valence-corrected chi connectivity index (χ2v) is 10.1. The molecule has 3 rings (SSSR count). The van der Waals surface area contributed by atoms with Crippen molar-refractivity contribution in [2.24, 2.45) is 0 Å². The smallest absolute Gasteiger partial charge is 0.261 e. The van der Waals surface area contributed by atoms with E-state index in [-0.39, 0.29) is 31.0 Å². The van der Waals surface area contributed by atoms with E-state index in [0.717, 1.165) is 34.8 Å². The van der Waals surface area contributed by atoms with E-state index in [4.69, 9.17) is 27.9 Å². The Bertz CT molecular complexity index is 933. The number of carbonyl (C=O) groups excluding carboxylic acids is 2. The fourth-order valence-corrected chi connectivity index (χ4v) is 4.43. The molecule has 0 spiro atoms. The zero-order valence-electron chi connectivity index (χ0n) is 18.0. The molecule has 1 fully saturated rings. The quantitative estimate of drug-likeness (QED) is 0.394. The first-order valence-corrected chi connectivity index (χ1v) is 12.6. The van der Waals surface area contributed by atoms with Gasteiger partial charge in [-0.25, -0.2) is 0 Å². The van der Waals surface area contributed by atoms with E-state index in [1.807, 2.05) is 24.3 Å². The zero-order valence-corrected chi connectivity index (χ0v) is 21.6. The molecule has 0 radical (unpaired) electrons. The molecule has 1 N–H and O–H groups in total. The fraction of sp³-hybridized carbons (Fsp3) is 0.417. The predicted molar refractivity (Wildman–Crippen MR) is 136 cm³/mol. The molecule has 1 saturated carbocycles. The van der Waals surface area contributed by atoms with Gasteiger partial charge in [0.25, 0.3) is 5.91 Å². The van der Waals surface area contributed by atoms with Crippen LogP contribution in [0.5, 0.6) is 5.75 Å². The van der Waals surface area contributed by atoms with E-state index in [9.17, 15) is 9.59 Å². The lowest BCUT2D eigenvalue weighted by Gasteiger charge is -2.31. The van der Waals surface area contributed by atoms with Crippen LogP contribution >= 0.6 is 45.8 Å². The summed E-state index contributed by atoms with van der Waals surface area (Å²) in [5, 5.41) is 3.97. The van der Waals surface area contributed by atoms with Crippen LogP contribution < -0.4 is 10.1 Å². The Morgan fingerprint density at radius 1 is 1.09 bits per heavy atom. The molecule has 1 atom stereocenters. The standard InChI is InChI=1S/C24H27Cl2IN2O3/c1-16(24(31)28-19-5-3-2-4-6-19)29(14-17-7-12-21(25)22(26)13-17)23(30)15-32-20-10-8-18(27)9-11-20/h7-13,16,19H,2-6,14-15H2,1H3,(H,28,31). The van der Waals surface area contributed by atoms with Gasteiger partial charge in [0.2, 0.25) is 5.91 Å². The number of benzene rings is 2. The average Bonchev–Trinajstić information content (AvgIpc) is 2.79. The van der Waals surface area contributed by atoms with Crippen molar-refractivity contribution in [1.29, 1.82) is 0 Å². The maximum absolute atomic E-state index is 13.1. The lowest BCUT2D eigenvalue weighted by atomic mass is 9.95. The first-order chi connectivity index (χ1) is 15.3. The Kier molecular flexibility index (Phi) is 9.49. The molecule has 5 nitrogen and oxygen atoms in total. The van der Waals surface area contributed by atoms with Crippen LogP contribution in [-0.4, -0.2) is 35.4 Å². The number of nitrogens with zero attached hydrogens (tertiary/aromatic N) is 1. The third-order valence-corrected chi connectivity index (χ3v) is 7.09. The molecule has 0 aromatic heterocycles. The van der Waals surface area contributed by atoms with Crippen molar-refractivity contribution in [3.05, 3.63) is 61.6 Å². The number of ether oxygens (including phenoxy) is 1. The Hall–Kier alpha value is -1.51. The van der Waals surface area contributed by atoms with Gasteiger partial charge in [-0.1, -0.05) is 48.5 Å². The van der Waals surface area contributed by atoms with Crippen molar-refractivity contribution in [3.63, 3.8) is 0 Å². The van der Waals surface area contributed by atoms with Gasteiger partial charge >= 0.3 is 0 Å². The van der Waals surface area contributed by atoms with Crippen molar-refractivity contribution in [1.82, 2.24) is 10.2 Å². The maximum Gasteiger partial charge on any atom is 0.261 e. The molecule has 1 aliphatic rings. The molecular formula is C24H27Cl2IN2O3. The minimum atomic E-state index is -0.654. The van der Waals surface area contributed by atoms with Crippen LogP contribution in [0.25, 0.3) is 0 Å². The van der Waals surface area contributed by atoms with Gasteiger partial charge in [0.05, 0.1) is 10.0 Å². The molecule has 0 aliphatic heterocycles. The van der Waals surface area contributed by atoms with E-state index in [2.05, 4.69) is 27.9 Å². The van der Waals surface area contributed by atoms with Crippen LogP contribution in [0, 0.1) is 3.57 Å². The summed E-state index contributed by atoms with van der Waals surface area (Å²) in [6.45, 7) is 1.81. The molecule has 1 unspecified atom stereocenters. The molecule has 0 heterocycles. The number of rotatable bonds is 8. The zero-order chi connectivity index (χ0) is 23.1. The summed E-state index contributed by atoms with van der Waals surface area (Å²) in [4.78, 5) is 27.7. The second-order valence-electron chi connectivity index (χ2n) is 8.03. The molecule has 1 aliphatic carbocycles. The monoisotopic (exact) mass is 588 g/mol. The summed E-state index contributed by atoms with van der Waals surface area (Å²) >= 11 is 14.4. The Balaban J connectivity index is 1.72. The van der Waals surface area contributed by atoms with Crippen molar-refractivity contribution < 1.29 is 14.3 Å². The largest absolute Gasteiger partial charge is 0.484 e. The van der Waals surface area contributed by atoms with E-state index in [1.54, 1.807) is 25.1 Å². The highest BCUT2D eigenvalue weighted by molar-refractivity contribution is 14.1. The molecule has 8 heteroatoms. The number of hydrogen-bond acceptors (Lipinski definition) is 3. The highest BCUT2D eigenvalue weighted by Crippen LogP contribution is 2.24. The van der Waals surface area contributed by atoms with Gasteiger partial charge in [0, 0.05) is 16.2 Å². The maximum atomic E-state index is 13.1. The molecule has 2 amide bonds. The molecule has 172 valence electrons. The van der Waals surface area contributed by atoms with Crippen molar-refractivity contribution >= 4 is 57.6 Å². The normalized spacial score (nSPS) is 15.1. The van der Waals surface area contributed by atoms with Crippen molar-refractivity contribution in [2.75, 3.05) is 6.61 Å². The molecule has 2 aromatic rings. The third-order valence-electron chi connectivity index (χ3n) is 5.63. The van der Waals surface area contributed by atoms with Gasteiger partial charge in [-0.05, 0) is 84.3 Å². The number of halogens is 3. The van der Waals surface area contributed by atoms with Gasteiger partial charge < -0.3 is 15.0 Å². The topological polar surface area (TPSA) is 58.6 Å². The molecule has 0 bridgehead atoms. The molecule has 2 aromatic carbocycles. The number of hydrogen-bond donors (Lipinski definition) is 1. The number of nitrogens with one attached hydrogen (secondary N) is 1. The van der Waals surface area contributed by atoms with Gasteiger partial charge in [-0.2, -0.15) is 0 Å². The summed E-state index contributed by atoms with van der Waals surface area (Å²) in [6, 6.07) is 12.2. The molecule has 0 saturated heterocycles. The number of amides is 2. The van der Waals surface area contributed by atoms with Crippen LogP contribution in [0.1, 0.15) is 44.6 Å². The van der Waals surface area contributed by atoms with Crippen molar-refractivity contribution in [3.8, 4) is 5.75 Å². The van der Waals surface area contributed by atoms with E-state index in [1.165, 1.54) is 11.3 Å². The Labute approximate surface area is 212 Å². The van der Waals surface area contributed by atoms with Crippen LogP contribution in [0.4, 0.5) is 0 Å². The first-order valence-electron chi connectivity index (χ1n) is 10.8. The fourth-order valence-electron chi connectivity index (χ4n) is 3.74.